The SMILES string of the molecule is C1CCC1.C=C\C=C(/C(C)=C(C)/C=C(\C)c1ccc(C(=C)C)cc1C)c1ccc(C)c(N)c1.CC.CC1CCC(C)CC1. The number of nitrogen functional groups attached to an aromatic ring is 1. The molecule has 1 nitrogen and oxygen atoms in total. The minimum absolute atomic E-state index is 0.808. The fraction of sp³-hybridized carbons (Fsp3) is 0.476. The smallest absolute Gasteiger partial charge is 0.0349 e. The van der Waals surface area contributed by atoms with Crippen LogP contribution < -0.4 is 5.73 Å². The lowest BCUT2D eigenvalue weighted by atomic mass is 9.84. The second-order valence-corrected chi connectivity index (χ2v) is 12.6. The van der Waals surface area contributed by atoms with E-state index in [1.165, 1.54) is 84.8 Å². The molecule has 0 aliphatic heterocycles. The Morgan fingerprint density at radius 1 is 0.767 bits per heavy atom. The Labute approximate surface area is 266 Å². The molecule has 43 heavy (non-hydrogen) atoms. The minimum atomic E-state index is 0.808. The molecule has 0 amide bonds. The Kier molecular flexibility index (Phi) is 17.7. The van der Waals surface area contributed by atoms with Crippen LogP contribution >= 0.6 is 0 Å². The van der Waals surface area contributed by atoms with Crippen LogP contribution in [-0.4, -0.2) is 0 Å². The molecule has 1 heteroatoms. The van der Waals surface area contributed by atoms with E-state index < -0.39 is 0 Å². The molecule has 236 valence electrons. The Hall–Kier alpha value is -3.06. The summed E-state index contributed by atoms with van der Waals surface area (Å²) in [7, 11) is 0. The van der Waals surface area contributed by atoms with Gasteiger partial charge in [0, 0.05) is 5.69 Å². The highest BCUT2D eigenvalue weighted by Crippen LogP contribution is 2.31. The van der Waals surface area contributed by atoms with Crippen molar-refractivity contribution >= 4 is 22.4 Å². The first-order chi connectivity index (χ1) is 20.4. The molecular weight excluding hydrogens is 518 g/mol. The van der Waals surface area contributed by atoms with E-state index in [4.69, 9.17) is 5.73 Å². The topological polar surface area (TPSA) is 26.0 Å². The molecule has 2 aromatic carbocycles. The lowest BCUT2D eigenvalue weighted by Crippen LogP contribution is -2.08. The minimum Gasteiger partial charge on any atom is -0.398 e. The summed E-state index contributed by atoms with van der Waals surface area (Å²) >= 11 is 0. The Bertz CT molecular complexity index is 1240. The van der Waals surface area contributed by atoms with Crippen LogP contribution in [0.2, 0.25) is 0 Å². The number of allylic oxidation sites excluding steroid dienone is 8. The van der Waals surface area contributed by atoms with Crippen LogP contribution in [0.25, 0.3) is 16.7 Å². The van der Waals surface area contributed by atoms with Gasteiger partial charge in [0.1, 0.15) is 0 Å². The quantitative estimate of drug-likeness (QED) is 0.266. The third-order valence-electron chi connectivity index (χ3n) is 8.75. The van der Waals surface area contributed by atoms with Crippen LogP contribution in [-0.2, 0) is 0 Å². The first-order valence-corrected chi connectivity index (χ1v) is 16.8. The molecule has 0 heterocycles. The van der Waals surface area contributed by atoms with E-state index in [0.29, 0.717) is 0 Å². The summed E-state index contributed by atoms with van der Waals surface area (Å²) in [6.45, 7) is 29.4. The molecule has 2 aliphatic rings. The van der Waals surface area contributed by atoms with Crippen molar-refractivity contribution in [1.29, 1.82) is 0 Å². The molecule has 0 spiro atoms. The van der Waals surface area contributed by atoms with Crippen LogP contribution in [0.1, 0.15) is 135 Å². The van der Waals surface area contributed by atoms with Crippen molar-refractivity contribution in [2.75, 3.05) is 5.73 Å². The molecule has 0 saturated heterocycles. The molecule has 0 aromatic heterocycles. The van der Waals surface area contributed by atoms with Gasteiger partial charge in [-0.05, 0) is 110 Å². The number of anilines is 1. The van der Waals surface area contributed by atoms with Gasteiger partial charge in [-0.2, -0.15) is 0 Å². The first-order valence-electron chi connectivity index (χ1n) is 16.8. The van der Waals surface area contributed by atoms with E-state index in [-0.39, 0.29) is 0 Å². The molecule has 0 unspecified atom stereocenters. The van der Waals surface area contributed by atoms with Gasteiger partial charge in [-0.3, -0.25) is 0 Å². The van der Waals surface area contributed by atoms with Gasteiger partial charge in [0.05, 0.1) is 0 Å². The van der Waals surface area contributed by atoms with E-state index in [2.05, 4.69) is 97.2 Å². The van der Waals surface area contributed by atoms with Crippen molar-refractivity contribution < 1.29 is 0 Å². The summed E-state index contributed by atoms with van der Waals surface area (Å²) < 4.78 is 0. The molecule has 2 aliphatic carbocycles. The summed E-state index contributed by atoms with van der Waals surface area (Å²) in [4.78, 5) is 0. The van der Waals surface area contributed by atoms with Crippen molar-refractivity contribution in [1.82, 2.24) is 0 Å². The standard InChI is InChI=1S/C28H33N.C8H16.C4H8.C2H6/c1-9-10-27(25-12-11-19(4)28(29)17-25)23(8)20(5)15-21(6)26-14-13-24(18(2)3)16-22(26)7;1-7-3-5-8(2)6-4-7;1-2-4-3-1;1-2/h9-17H,1-2,29H2,3-8H3;7-8H,3-6H2,1-2H3;1-4H2;1-2H3/b21-15+,23-20+,27-10+;;;. The highest BCUT2D eigenvalue weighted by Gasteiger charge is 2.13. The molecule has 4 rings (SSSR count). The normalized spacial score (nSPS) is 18.7. The number of rotatable bonds is 6. The summed E-state index contributed by atoms with van der Waals surface area (Å²) in [5, 5.41) is 0. The molecule has 0 radical (unpaired) electrons. The van der Waals surface area contributed by atoms with Gasteiger partial charge < -0.3 is 5.73 Å². The molecular formula is C42H63N. The molecule has 2 saturated carbocycles. The van der Waals surface area contributed by atoms with Crippen molar-refractivity contribution in [2.24, 2.45) is 11.8 Å². The highest BCUT2D eigenvalue weighted by molar-refractivity contribution is 5.83. The second-order valence-electron chi connectivity index (χ2n) is 12.6. The highest BCUT2D eigenvalue weighted by atomic mass is 14.6. The maximum absolute atomic E-state index is 6.15. The number of hydrogen-bond acceptors (Lipinski definition) is 1. The van der Waals surface area contributed by atoms with Gasteiger partial charge >= 0.3 is 0 Å². The van der Waals surface area contributed by atoms with E-state index in [9.17, 15) is 0 Å². The van der Waals surface area contributed by atoms with Crippen molar-refractivity contribution in [2.45, 2.75) is 121 Å². The maximum atomic E-state index is 6.15. The first kappa shape index (κ1) is 38.0. The number of benzene rings is 2. The Morgan fingerprint density at radius 2 is 1.28 bits per heavy atom. The molecule has 2 fully saturated rings. The predicted octanol–water partition coefficient (Wildman–Crippen LogP) is 13.3. The van der Waals surface area contributed by atoms with E-state index in [1.807, 2.05) is 39.8 Å². The van der Waals surface area contributed by atoms with Crippen molar-refractivity contribution in [3.05, 3.63) is 107 Å². The van der Waals surface area contributed by atoms with Gasteiger partial charge in [-0.25, -0.2) is 0 Å². The van der Waals surface area contributed by atoms with Gasteiger partial charge in [0.25, 0.3) is 0 Å². The third-order valence-corrected chi connectivity index (χ3v) is 8.75. The molecule has 2 N–H and O–H groups in total. The molecule has 0 bridgehead atoms. The van der Waals surface area contributed by atoms with E-state index in [1.54, 1.807) is 0 Å². The fourth-order valence-electron chi connectivity index (χ4n) is 5.14. The zero-order valence-corrected chi connectivity index (χ0v) is 29.5. The maximum Gasteiger partial charge on any atom is 0.0349 e. The van der Waals surface area contributed by atoms with Crippen molar-refractivity contribution in [3.8, 4) is 0 Å². The summed E-state index contributed by atoms with van der Waals surface area (Å²) in [5.74, 6) is 2.04. The van der Waals surface area contributed by atoms with Crippen LogP contribution in [0.15, 0.2) is 78.9 Å². The average Bonchev–Trinajstić information content (AvgIpc) is 2.95. The van der Waals surface area contributed by atoms with Crippen LogP contribution in [0, 0.1) is 25.7 Å². The fourth-order valence-corrected chi connectivity index (χ4v) is 5.14. The largest absolute Gasteiger partial charge is 0.398 e. The van der Waals surface area contributed by atoms with Gasteiger partial charge in [-0.15, -0.1) is 0 Å². The summed E-state index contributed by atoms with van der Waals surface area (Å²) in [6, 6.07) is 12.8. The summed E-state index contributed by atoms with van der Waals surface area (Å²) in [5.41, 5.74) is 18.8. The van der Waals surface area contributed by atoms with Gasteiger partial charge in [-0.1, -0.05) is 146 Å². The number of nitrogens with two attached hydrogens (primary N) is 1. The zero-order chi connectivity index (χ0) is 32.5. The predicted molar refractivity (Wildman–Crippen MR) is 198 cm³/mol. The van der Waals surface area contributed by atoms with Crippen molar-refractivity contribution in [3.63, 3.8) is 0 Å². The van der Waals surface area contributed by atoms with Gasteiger partial charge in [0.2, 0.25) is 0 Å². The van der Waals surface area contributed by atoms with E-state index >= 15 is 0 Å². The zero-order valence-electron chi connectivity index (χ0n) is 29.5. The molecule has 0 atom stereocenters. The summed E-state index contributed by atoms with van der Waals surface area (Å²) in [6.07, 6.45) is 18.0. The van der Waals surface area contributed by atoms with E-state index in [0.717, 1.165) is 39.8 Å². The van der Waals surface area contributed by atoms with Gasteiger partial charge in [0.15, 0.2) is 0 Å². The lowest BCUT2D eigenvalue weighted by Gasteiger charge is -2.22. The lowest BCUT2D eigenvalue weighted by molar-refractivity contribution is 0.308. The third kappa shape index (κ3) is 13.0. The Morgan fingerprint density at radius 3 is 1.70 bits per heavy atom. The van der Waals surface area contributed by atoms with Crippen LogP contribution in [0.4, 0.5) is 5.69 Å². The van der Waals surface area contributed by atoms with Crippen LogP contribution in [0.3, 0.4) is 0 Å². The van der Waals surface area contributed by atoms with Crippen LogP contribution in [0.5, 0.6) is 0 Å². The average molecular weight is 582 g/mol. The monoisotopic (exact) mass is 581 g/mol. The molecule has 2 aromatic rings. The second kappa shape index (κ2) is 20.0. The number of hydrogen-bond donors (Lipinski definition) is 1. The Balaban J connectivity index is 0.000000537. The number of aryl methyl sites for hydroxylation is 2.